The van der Waals surface area contributed by atoms with Gasteiger partial charge >= 0.3 is 0 Å². The fourth-order valence-corrected chi connectivity index (χ4v) is 2.28. The molecule has 7 heteroatoms. The molecule has 0 unspecified atom stereocenters. The molecule has 0 fully saturated rings. The van der Waals surface area contributed by atoms with Crippen LogP contribution in [0, 0.1) is 0 Å². The molecule has 3 nitrogen and oxygen atoms in total. The van der Waals surface area contributed by atoms with Crippen molar-refractivity contribution in [3.8, 4) is 5.75 Å². The van der Waals surface area contributed by atoms with E-state index in [1.807, 2.05) is 18.2 Å². The number of ether oxygens (including phenoxy) is 1. The van der Waals surface area contributed by atoms with Gasteiger partial charge in [-0.25, -0.2) is 4.98 Å². The number of pyridine rings is 1. The van der Waals surface area contributed by atoms with Crippen LogP contribution in [-0.4, -0.2) is 12.1 Å². The zero-order chi connectivity index (χ0) is 14.0. The molecule has 0 saturated heterocycles. The number of hydrogen-bond donors (Lipinski definition) is 1. The van der Waals surface area contributed by atoms with E-state index < -0.39 is 0 Å². The molecule has 100 valence electrons. The highest BCUT2D eigenvalue weighted by Gasteiger charge is 2.10. The quantitative estimate of drug-likeness (QED) is 0.706. The predicted octanol–water partition coefficient (Wildman–Crippen LogP) is 5.56. The fourth-order valence-electron chi connectivity index (χ4n) is 1.39. The number of halogens is 4. The molecule has 19 heavy (non-hydrogen) atoms. The second-order valence-corrected chi connectivity index (χ2v) is 5.59. The van der Waals surface area contributed by atoms with Gasteiger partial charge in [-0.2, -0.15) is 0 Å². The number of nitrogens with zero attached hydrogens (tertiary/aromatic N) is 1. The van der Waals surface area contributed by atoms with Crippen LogP contribution >= 0.6 is 50.7 Å². The van der Waals surface area contributed by atoms with Gasteiger partial charge in [-0.05, 0) is 34.1 Å². The molecule has 0 spiro atoms. The Morgan fingerprint density at radius 2 is 1.89 bits per heavy atom. The topological polar surface area (TPSA) is 34.1 Å². The van der Waals surface area contributed by atoms with Gasteiger partial charge in [-0.3, -0.25) is 0 Å². The Hall–Kier alpha value is -0.680. The van der Waals surface area contributed by atoms with E-state index in [-0.39, 0.29) is 5.15 Å². The Kier molecular flexibility index (Phi) is 4.79. The van der Waals surface area contributed by atoms with Crippen molar-refractivity contribution < 1.29 is 4.74 Å². The summed E-state index contributed by atoms with van der Waals surface area (Å²) in [6, 6.07) is 7.03. The summed E-state index contributed by atoms with van der Waals surface area (Å²) in [4.78, 5) is 4.09. The lowest BCUT2D eigenvalue weighted by atomic mass is 10.3. The number of nitrogens with one attached hydrogen (secondary N) is 1. The highest BCUT2D eigenvalue weighted by molar-refractivity contribution is 9.10. The van der Waals surface area contributed by atoms with Gasteiger partial charge in [-0.15, -0.1) is 0 Å². The molecule has 1 N–H and O–H groups in total. The Bertz CT molecular complexity index is 622. The molecular weight excluding hydrogens is 374 g/mol. The minimum Gasteiger partial charge on any atom is -0.497 e. The van der Waals surface area contributed by atoms with E-state index >= 15 is 0 Å². The third-order valence-electron chi connectivity index (χ3n) is 2.31. The number of anilines is 2. The van der Waals surface area contributed by atoms with E-state index in [2.05, 4.69) is 26.2 Å². The minimum absolute atomic E-state index is 0.188. The zero-order valence-corrected chi connectivity index (χ0v) is 13.5. The van der Waals surface area contributed by atoms with Crippen LogP contribution in [0.4, 0.5) is 11.5 Å². The van der Waals surface area contributed by atoms with Crippen molar-refractivity contribution in [3.63, 3.8) is 0 Å². The first kappa shape index (κ1) is 14.7. The third kappa shape index (κ3) is 3.45. The van der Waals surface area contributed by atoms with Gasteiger partial charge in [-0.1, -0.05) is 34.8 Å². The largest absolute Gasteiger partial charge is 0.497 e. The summed E-state index contributed by atoms with van der Waals surface area (Å²) in [6.45, 7) is 0. The summed E-state index contributed by atoms with van der Waals surface area (Å²) in [7, 11) is 1.59. The molecule has 0 aliphatic heterocycles. The number of methoxy groups -OCH3 is 1. The molecule has 1 aromatic carbocycles. The van der Waals surface area contributed by atoms with Crippen molar-refractivity contribution in [3.05, 3.63) is 43.9 Å². The minimum atomic E-state index is 0.188. The average Bonchev–Trinajstić information content (AvgIpc) is 2.38. The van der Waals surface area contributed by atoms with E-state index in [0.717, 1.165) is 10.2 Å². The molecule has 2 rings (SSSR count). The van der Waals surface area contributed by atoms with E-state index in [4.69, 9.17) is 39.5 Å². The molecular formula is C12H8BrCl3N2O. The van der Waals surface area contributed by atoms with Gasteiger partial charge in [0.15, 0.2) is 5.82 Å². The first-order valence-corrected chi connectivity index (χ1v) is 7.06. The SMILES string of the molecule is COc1ccc(Br)c(Nc2nc(Cl)c(Cl)cc2Cl)c1. The van der Waals surface area contributed by atoms with Crippen LogP contribution in [0.15, 0.2) is 28.7 Å². The maximum absolute atomic E-state index is 6.06. The first-order valence-electron chi connectivity index (χ1n) is 5.13. The van der Waals surface area contributed by atoms with Crippen LogP contribution in [0.25, 0.3) is 0 Å². The van der Waals surface area contributed by atoms with Crippen LogP contribution < -0.4 is 10.1 Å². The summed E-state index contributed by atoms with van der Waals surface area (Å²) in [5.74, 6) is 1.13. The summed E-state index contributed by atoms with van der Waals surface area (Å²) in [5.41, 5.74) is 0.757. The van der Waals surface area contributed by atoms with Gasteiger partial charge in [0.25, 0.3) is 0 Å². The standard InChI is InChI=1S/C12H8BrCl3N2O/c1-19-6-2-3-7(13)10(4-6)17-12-9(15)5-8(14)11(16)18-12/h2-5H,1H3,(H,17,18). The second-order valence-electron chi connectivity index (χ2n) is 3.56. The van der Waals surface area contributed by atoms with Crippen LogP contribution in [-0.2, 0) is 0 Å². The van der Waals surface area contributed by atoms with Crippen LogP contribution in [0.2, 0.25) is 15.2 Å². The molecule has 2 aromatic rings. The number of benzene rings is 1. The highest BCUT2D eigenvalue weighted by Crippen LogP contribution is 2.34. The predicted molar refractivity (Wildman–Crippen MR) is 83.2 cm³/mol. The Labute approximate surface area is 134 Å². The average molecular weight is 382 g/mol. The lowest BCUT2D eigenvalue weighted by Crippen LogP contribution is -1.97. The molecule has 0 saturated carbocycles. The fraction of sp³-hybridized carbons (Fsp3) is 0.0833. The molecule has 0 aliphatic rings. The Morgan fingerprint density at radius 1 is 1.16 bits per heavy atom. The third-order valence-corrected chi connectivity index (χ3v) is 3.97. The highest BCUT2D eigenvalue weighted by atomic mass is 79.9. The molecule has 0 bridgehead atoms. The van der Waals surface area contributed by atoms with Gasteiger partial charge in [0.05, 0.1) is 22.8 Å². The number of aromatic nitrogens is 1. The Balaban J connectivity index is 2.38. The zero-order valence-electron chi connectivity index (χ0n) is 9.68. The molecule has 1 heterocycles. The van der Waals surface area contributed by atoms with Crippen LogP contribution in [0.5, 0.6) is 5.75 Å². The van der Waals surface area contributed by atoms with Crippen molar-refractivity contribution in [1.29, 1.82) is 0 Å². The van der Waals surface area contributed by atoms with E-state index in [1.165, 1.54) is 6.07 Å². The maximum atomic E-state index is 6.06. The maximum Gasteiger partial charge on any atom is 0.151 e. The van der Waals surface area contributed by atoms with Gasteiger partial charge < -0.3 is 10.1 Å². The van der Waals surface area contributed by atoms with Crippen LogP contribution in [0.1, 0.15) is 0 Å². The Morgan fingerprint density at radius 3 is 2.58 bits per heavy atom. The summed E-state index contributed by atoms with van der Waals surface area (Å²) in [5, 5.41) is 3.94. The van der Waals surface area contributed by atoms with Crippen LogP contribution in [0.3, 0.4) is 0 Å². The van der Waals surface area contributed by atoms with Crippen molar-refractivity contribution in [2.24, 2.45) is 0 Å². The van der Waals surface area contributed by atoms with Crippen molar-refractivity contribution in [1.82, 2.24) is 4.98 Å². The lowest BCUT2D eigenvalue weighted by Gasteiger charge is -2.11. The van der Waals surface area contributed by atoms with E-state index in [9.17, 15) is 0 Å². The van der Waals surface area contributed by atoms with Crippen molar-refractivity contribution in [2.45, 2.75) is 0 Å². The molecule has 0 aliphatic carbocycles. The van der Waals surface area contributed by atoms with Gasteiger partial charge in [0.1, 0.15) is 10.9 Å². The van der Waals surface area contributed by atoms with Crippen molar-refractivity contribution in [2.75, 3.05) is 12.4 Å². The smallest absolute Gasteiger partial charge is 0.151 e. The van der Waals surface area contributed by atoms with Crippen molar-refractivity contribution >= 4 is 62.2 Å². The lowest BCUT2D eigenvalue weighted by molar-refractivity contribution is 0.415. The second kappa shape index (κ2) is 6.18. The summed E-state index contributed by atoms with van der Waals surface area (Å²) < 4.78 is 6.00. The molecule has 0 atom stereocenters. The summed E-state index contributed by atoms with van der Waals surface area (Å²) >= 11 is 21.2. The number of hydrogen-bond acceptors (Lipinski definition) is 3. The first-order chi connectivity index (χ1) is 9.01. The molecule has 0 radical (unpaired) electrons. The van der Waals surface area contributed by atoms with Gasteiger partial charge in [0.2, 0.25) is 0 Å². The normalized spacial score (nSPS) is 10.4. The number of rotatable bonds is 3. The molecule has 1 aromatic heterocycles. The van der Waals surface area contributed by atoms with Gasteiger partial charge in [0, 0.05) is 10.5 Å². The van der Waals surface area contributed by atoms with E-state index in [1.54, 1.807) is 7.11 Å². The molecule has 0 amide bonds. The monoisotopic (exact) mass is 380 g/mol. The summed E-state index contributed by atoms with van der Waals surface area (Å²) in [6.07, 6.45) is 0. The van der Waals surface area contributed by atoms with E-state index in [0.29, 0.717) is 21.6 Å².